The molecule has 0 spiro atoms. The van der Waals surface area contributed by atoms with E-state index in [0.717, 1.165) is 25.8 Å². The molecule has 3 rings (SSSR count). The molecule has 2 aromatic rings. The van der Waals surface area contributed by atoms with Crippen LogP contribution in [0.3, 0.4) is 0 Å². The average molecular weight is 432 g/mol. The van der Waals surface area contributed by atoms with E-state index in [9.17, 15) is 0 Å². The van der Waals surface area contributed by atoms with Gasteiger partial charge in [-0.15, -0.1) is 0 Å². The van der Waals surface area contributed by atoms with Crippen molar-refractivity contribution in [3.63, 3.8) is 0 Å². The van der Waals surface area contributed by atoms with Crippen molar-refractivity contribution in [2.45, 2.75) is 25.0 Å². The first-order valence-corrected chi connectivity index (χ1v) is 8.55. The van der Waals surface area contributed by atoms with E-state index in [-0.39, 0.29) is 6.04 Å². The third-order valence-corrected chi connectivity index (χ3v) is 5.12. The van der Waals surface area contributed by atoms with Gasteiger partial charge >= 0.3 is 0 Å². The molecular weight excluding hydrogens is 417 g/mol. The molecule has 0 amide bonds. The Morgan fingerprint density at radius 2 is 1.86 bits per heavy atom. The normalized spacial score (nSPS) is 24.3. The van der Waals surface area contributed by atoms with Gasteiger partial charge in [-0.25, -0.2) is 0 Å². The molecule has 0 bridgehead atoms. The molecule has 1 aliphatic rings. The van der Waals surface area contributed by atoms with Crippen LogP contribution in [0.1, 0.15) is 30.5 Å². The molecule has 1 aliphatic heterocycles. The van der Waals surface area contributed by atoms with Crippen LogP contribution >= 0.6 is 43.5 Å². The topological polar surface area (TPSA) is 35.2 Å². The molecule has 1 unspecified atom stereocenters. The van der Waals surface area contributed by atoms with Crippen LogP contribution in [-0.2, 0) is 5.60 Å². The number of halogens is 3. The van der Waals surface area contributed by atoms with Crippen molar-refractivity contribution in [1.82, 2.24) is 0 Å². The number of nitrogens with two attached hydrogens (primary N) is 1. The van der Waals surface area contributed by atoms with Crippen LogP contribution in [0.4, 0.5) is 0 Å². The number of hydrogen-bond acceptors (Lipinski definition) is 2. The molecule has 2 nitrogen and oxygen atoms in total. The summed E-state index contributed by atoms with van der Waals surface area (Å²) in [5, 5.41) is 0.678. The summed E-state index contributed by atoms with van der Waals surface area (Å²) >= 11 is 13.3. The third-order valence-electron chi connectivity index (χ3n) is 3.82. The van der Waals surface area contributed by atoms with Gasteiger partial charge in [0.1, 0.15) is 11.4 Å². The first-order chi connectivity index (χ1) is 9.89. The minimum absolute atomic E-state index is 0.0773. The second kappa shape index (κ2) is 5.58. The van der Waals surface area contributed by atoms with Gasteiger partial charge in [-0.2, -0.15) is 0 Å². The number of hydrogen-bond donors (Lipinski definition) is 1. The summed E-state index contributed by atoms with van der Waals surface area (Å²) in [5.41, 5.74) is 7.79. The highest BCUT2D eigenvalue weighted by atomic mass is 79.9. The summed E-state index contributed by atoms with van der Waals surface area (Å²) in [6.07, 6.45) is 0.684. The van der Waals surface area contributed by atoms with E-state index < -0.39 is 5.60 Å². The fraction of sp³-hybridized carbons (Fsp3) is 0.250. The van der Waals surface area contributed by atoms with E-state index in [0.29, 0.717) is 11.4 Å². The largest absolute Gasteiger partial charge is 0.482 e. The van der Waals surface area contributed by atoms with Gasteiger partial charge in [-0.05, 0) is 31.2 Å². The maximum Gasteiger partial charge on any atom is 0.134 e. The molecule has 0 radical (unpaired) electrons. The van der Waals surface area contributed by atoms with E-state index in [1.807, 2.05) is 43.3 Å². The monoisotopic (exact) mass is 429 g/mol. The molecule has 0 aliphatic carbocycles. The van der Waals surface area contributed by atoms with Gasteiger partial charge < -0.3 is 10.5 Å². The minimum atomic E-state index is -0.537. The van der Waals surface area contributed by atoms with Crippen LogP contribution < -0.4 is 10.5 Å². The zero-order valence-corrected chi connectivity index (χ0v) is 15.3. The number of ether oxygens (including phenoxy) is 1. The molecule has 2 N–H and O–H groups in total. The molecule has 0 fully saturated rings. The summed E-state index contributed by atoms with van der Waals surface area (Å²) < 4.78 is 8.19. The van der Waals surface area contributed by atoms with Crippen molar-refractivity contribution in [3.05, 3.63) is 61.5 Å². The van der Waals surface area contributed by atoms with E-state index in [1.54, 1.807) is 0 Å². The summed E-state index contributed by atoms with van der Waals surface area (Å²) in [7, 11) is 0. The smallest absolute Gasteiger partial charge is 0.134 e. The van der Waals surface area contributed by atoms with Gasteiger partial charge in [-0.1, -0.05) is 55.6 Å². The Morgan fingerprint density at radius 1 is 1.19 bits per heavy atom. The SMILES string of the molecule is CC1(c2ccc(Br)cc2Cl)C[C@H](N)c2ccc(Br)cc2O1. The van der Waals surface area contributed by atoms with Gasteiger partial charge in [0.15, 0.2) is 0 Å². The van der Waals surface area contributed by atoms with Gasteiger partial charge in [0.25, 0.3) is 0 Å². The fourth-order valence-corrected chi connectivity index (χ4v) is 4.01. The Bertz CT molecular complexity index is 707. The van der Waals surface area contributed by atoms with Crippen LogP contribution in [0, 0.1) is 0 Å². The van der Waals surface area contributed by atoms with Crippen LogP contribution in [0.2, 0.25) is 5.02 Å². The predicted molar refractivity (Wildman–Crippen MR) is 92.8 cm³/mol. The second-order valence-corrected chi connectivity index (χ2v) is 7.69. The average Bonchev–Trinajstić information content (AvgIpc) is 2.37. The van der Waals surface area contributed by atoms with Gasteiger partial charge in [0.2, 0.25) is 0 Å². The highest BCUT2D eigenvalue weighted by Gasteiger charge is 2.38. The third kappa shape index (κ3) is 2.87. The number of rotatable bonds is 1. The molecule has 1 heterocycles. The van der Waals surface area contributed by atoms with Crippen molar-refractivity contribution >= 4 is 43.5 Å². The van der Waals surface area contributed by atoms with E-state index >= 15 is 0 Å². The zero-order chi connectivity index (χ0) is 15.2. The number of benzene rings is 2. The fourth-order valence-electron chi connectivity index (χ4n) is 2.80. The molecule has 2 atom stereocenters. The Balaban J connectivity index is 2.07. The lowest BCUT2D eigenvalue weighted by molar-refractivity contribution is 0.0511. The summed E-state index contributed by atoms with van der Waals surface area (Å²) in [4.78, 5) is 0. The van der Waals surface area contributed by atoms with Gasteiger partial charge in [0.05, 0.1) is 0 Å². The molecular formula is C16H14Br2ClNO. The molecule has 0 saturated heterocycles. The standard InChI is InChI=1S/C16H14Br2ClNO/c1-16(12-5-3-9(17)6-13(12)19)8-14(20)11-4-2-10(18)7-15(11)21-16/h2-7,14H,8,20H2,1H3/t14-,16?/m0/s1. The quantitative estimate of drug-likeness (QED) is 0.641. The number of fused-ring (bicyclic) bond motifs is 1. The van der Waals surface area contributed by atoms with Crippen molar-refractivity contribution in [2.24, 2.45) is 5.73 Å². The van der Waals surface area contributed by atoms with Crippen LogP contribution in [0.5, 0.6) is 5.75 Å². The molecule has 0 saturated carbocycles. The maximum absolute atomic E-state index is 6.40. The Morgan fingerprint density at radius 3 is 2.57 bits per heavy atom. The summed E-state index contributed by atoms with van der Waals surface area (Å²) in [6, 6.07) is 11.7. The molecule has 5 heteroatoms. The van der Waals surface area contributed by atoms with Crippen molar-refractivity contribution < 1.29 is 4.74 Å². The Kier molecular flexibility index (Phi) is 4.08. The first-order valence-electron chi connectivity index (χ1n) is 6.59. The first kappa shape index (κ1) is 15.3. The highest BCUT2D eigenvalue weighted by Crippen LogP contribution is 2.46. The van der Waals surface area contributed by atoms with Crippen molar-refractivity contribution in [2.75, 3.05) is 0 Å². The second-order valence-electron chi connectivity index (χ2n) is 5.45. The molecule has 21 heavy (non-hydrogen) atoms. The highest BCUT2D eigenvalue weighted by molar-refractivity contribution is 9.10. The lowest BCUT2D eigenvalue weighted by atomic mass is 9.84. The molecule has 0 aromatic heterocycles. The molecule has 110 valence electrons. The predicted octanol–water partition coefficient (Wildman–Crippen LogP) is 5.56. The zero-order valence-electron chi connectivity index (χ0n) is 11.4. The van der Waals surface area contributed by atoms with E-state index in [4.69, 9.17) is 22.1 Å². The Hall–Kier alpha value is -0.550. The maximum atomic E-state index is 6.40. The van der Waals surface area contributed by atoms with Crippen LogP contribution in [0.15, 0.2) is 45.3 Å². The van der Waals surface area contributed by atoms with Crippen molar-refractivity contribution in [1.29, 1.82) is 0 Å². The summed E-state index contributed by atoms with van der Waals surface area (Å²) in [6.45, 7) is 2.03. The van der Waals surface area contributed by atoms with Crippen LogP contribution in [0.25, 0.3) is 0 Å². The van der Waals surface area contributed by atoms with Gasteiger partial charge in [0, 0.05) is 37.6 Å². The Labute approximate surface area is 145 Å². The molecule has 2 aromatic carbocycles. The van der Waals surface area contributed by atoms with Gasteiger partial charge in [-0.3, -0.25) is 0 Å². The van der Waals surface area contributed by atoms with E-state index in [1.165, 1.54) is 0 Å². The lowest BCUT2D eigenvalue weighted by Crippen LogP contribution is -2.38. The summed E-state index contributed by atoms with van der Waals surface area (Å²) in [5.74, 6) is 0.810. The van der Waals surface area contributed by atoms with Crippen LogP contribution in [-0.4, -0.2) is 0 Å². The minimum Gasteiger partial charge on any atom is -0.482 e. The van der Waals surface area contributed by atoms with Crippen molar-refractivity contribution in [3.8, 4) is 5.75 Å². The van der Waals surface area contributed by atoms with E-state index in [2.05, 4.69) is 31.9 Å². The lowest BCUT2D eigenvalue weighted by Gasteiger charge is -2.39.